The molecule has 9 heteroatoms. The quantitative estimate of drug-likeness (QED) is 0.608. The number of rotatable bonds is 2. The number of nitrogens with one attached hydrogen (secondary N) is 1. The molecule has 2 heterocycles. The Bertz CT molecular complexity index is 480. The van der Waals surface area contributed by atoms with E-state index >= 15 is 0 Å². The number of nitrogens with zero attached hydrogens (tertiary/aromatic N) is 2. The largest absolute Gasteiger partial charge is 0.480 e. The summed E-state index contributed by atoms with van der Waals surface area (Å²) in [7, 11) is 1.23. The highest BCUT2D eigenvalue weighted by molar-refractivity contribution is 5.92. The number of carboxylic acids is 1. The van der Waals surface area contributed by atoms with E-state index in [0.717, 1.165) is 4.90 Å². The molecule has 0 aromatic carbocycles. The molecule has 2 fully saturated rings. The van der Waals surface area contributed by atoms with E-state index < -0.39 is 36.0 Å². The Morgan fingerprint density at radius 2 is 2.00 bits per heavy atom. The molecular formula is C12H17N3O6. The van der Waals surface area contributed by atoms with Gasteiger partial charge in [0.1, 0.15) is 18.6 Å². The van der Waals surface area contributed by atoms with Crippen LogP contribution in [0.2, 0.25) is 0 Å². The Morgan fingerprint density at radius 3 is 2.62 bits per heavy atom. The van der Waals surface area contributed by atoms with Crippen molar-refractivity contribution in [2.45, 2.75) is 24.9 Å². The zero-order valence-electron chi connectivity index (χ0n) is 11.6. The first-order valence-electron chi connectivity index (χ1n) is 6.60. The molecule has 2 unspecified atom stereocenters. The van der Waals surface area contributed by atoms with Crippen molar-refractivity contribution in [3.8, 4) is 0 Å². The number of hydrogen-bond acceptors (Lipinski definition) is 5. The van der Waals surface area contributed by atoms with Crippen molar-refractivity contribution in [1.29, 1.82) is 0 Å². The van der Waals surface area contributed by atoms with Crippen molar-refractivity contribution in [2.75, 3.05) is 26.7 Å². The van der Waals surface area contributed by atoms with E-state index in [0.29, 0.717) is 19.4 Å². The first-order chi connectivity index (χ1) is 9.95. The lowest BCUT2D eigenvalue weighted by molar-refractivity contribution is -0.145. The Hall–Kier alpha value is -2.32. The molecule has 2 atom stereocenters. The van der Waals surface area contributed by atoms with Crippen LogP contribution in [0.4, 0.5) is 4.79 Å². The molecule has 2 N–H and O–H groups in total. The summed E-state index contributed by atoms with van der Waals surface area (Å²) in [6, 6.07) is -2.47. The molecule has 0 aromatic heterocycles. The molecule has 3 amide bonds. The van der Waals surface area contributed by atoms with Crippen molar-refractivity contribution in [3.05, 3.63) is 0 Å². The molecule has 2 saturated heterocycles. The second-order valence-electron chi connectivity index (χ2n) is 4.94. The monoisotopic (exact) mass is 299 g/mol. The van der Waals surface area contributed by atoms with E-state index in [1.54, 1.807) is 0 Å². The minimum absolute atomic E-state index is 0.142. The summed E-state index contributed by atoms with van der Waals surface area (Å²) >= 11 is 0. The van der Waals surface area contributed by atoms with Crippen LogP contribution in [0.5, 0.6) is 0 Å². The number of hydrogen-bond donors (Lipinski definition) is 2. The van der Waals surface area contributed by atoms with Crippen LogP contribution in [0.3, 0.4) is 0 Å². The van der Waals surface area contributed by atoms with Gasteiger partial charge in [0.25, 0.3) is 0 Å². The average Bonchev–Trinajstić information content (AvgIpc) is 2.94. The molecule has 9 nitrogen and oxygen atoms in total. The number of likely N-dealkylation sites (tertiary alicyclic amines) is 1. The molecular weight excluding hydrogens is 282 g/mol. The van der Waals surface area contributed by atoms with Gasteiger partial charge in [-0.3, -0.25) is 9.69 Å². The summed E-state index contributed by atoms with van der Waals surface area (Å²) in [5.74, 6) is -2.15. The van der Waals surface area contributed by atoms with Crippen LogP contribution in [-0.4, -0.2) is 77.6 Å². The fourth-order valence-electron chi connectivity index (χ4n) is 2.60. The van der Waals surface area contributed by atoms with Crippen LogP contribution in [0.25, 0.3) is 0 Å². The maximum atomic E-state index is 12.5. The number of ether oxygens (including phenoxy) is 1. The third kappa shape index (κ3) is 2.91. The van der Waals surface area contributed by atoms with E-state index in [4.69, 9.17) is 5.11 Å². The summed E-state index contributed by atoms with van der Waals surface area (Å²) < 4.78 is 4.65. The molecule has 116 valence electrons. The van der Waals surface area contributed by atoms with Crippen molar-refractivity contribution >= 4 is 23.9 Å². The SMILES string of the molecule is COC(=O)C1CCCN1C(=O)N1CC(=O)NCC1C(=O)O. The van der Waals surface area contributed by atoms with Crippen LogP contribution in [0, 0.1) is 0 Å². The van der Waals surface area contributed by atoms with E-state index in [1.165, 1.54) is 12.0 Å². The van der Waals surface area contributed by atoms with Crippen LogP contribution in [0.1, 0.15) is 12.8 Å². The van der Waals surface area contributed by atoms with Crippen molar-refractivity contribution in [2.24, 2.45) is 0 Å². The van der Waals surface area contributed by atoms with Gasteiger partial charge >= 0.3 is 18.0 Å². The number of carboxylic acid groups (broad SMARTS) is 1. The highest BCUT2D eigenvalue weighted by Crippen LogP contribution is 2.21. The predicted molar refractivity (Wildman–Crippen MR) is 68.3 cm³/mol. The normalized spacial score (nSPS) is 25.5. The van der Waals surface area contributed by atoms with Gasteiger partial charge in [0.2, 0.25) is 5.91 Å². The number of carbonyl (C=O) groups is 4. The Kier molecular flexibility index (Phi) is 4.29. The number of amides is 3. The molecule has 0 aromatic rings. The van der Waals surface area contributed by atoms with Gasteiger partial charge in [0.05, 0.1) is 7.11 Å². The zero-order valence-corrected chi connectivity index (χ0v) is 11.6. The highest BCUT2D eigenvalue weighted by Gasteiger charge is 2.42. The predicted octanol–water partition coefficient (Wildman–Crippen LogP) is -1.37. The topological polar surface area (TPSA) is 116 Å². The number of aliphatic carboxylic acids is 1. The van der Waals surface area contributed by atoms with Gasteiger partial charge in [0.15, 0.2) is 0 Å². The van der Waals surface area contributed by atoms with E-state index in [1.807, 2.05) is 0 Å². The maximum Gasteiger partial charge on any atom is 0.328 e. The average molecular weight is 299 g/mol. The van der Waals surface area contributed by atoms with E-state index in [2.05, 4.69) is 10.1 Å². The molecule has 0 bridgehead atoms. The second-order valence-corrected chi connectivity index (χ2v) is 4.94. The van der Waals surface area contributed by atoms with Crippen LogP contribution in [-0.2, 0) is 19.1 Å². The molecule has 0 saturated carbocycles. The van der Waals surface area contributed by atoms with Gasteiger partial charge in [0, 0.05) is 13.1 Å². The lowest BCUT2D eigenvalue weighted by Gasteiger charge is -2.36. The maximum absolute atomic E-state index is 12.5. The zero-order chi connectivity index (χ0) is 15.6. The number of carbonyl (C=O) groups excluding carboxylic acids is 3. The highest BCUT2D eigenvalue weighted by atomic mass is 16.5. The fraction of sp³-hybridized carbons (Fsp3) is 0.667. The van der Waals surface area contributed by atoms with Crippen LogP contribution >= 0.6 is 0 Å². The van der Waals surface area contributed by atoms with Gasteiger partial charge < -0.3 is 20.1 Å². The van der Waals surface area contributed by atoms with Crippen molar-refractivity contribution in [3.63, 3.8) is 0 Å². The van der Waals surface area contributed by atoms with Gasteiger partial charge in [-0.15, -0.1) is 0 Å². The molecule has 0 aliphatic carbocycles. The standard InChI is InChI=1S/C12H17N3O6/c1-21-11(19)7-3-2-4-14(7)12(20)15-6-9(16)13-5-8(15)10(17)18/h7-8H,2-6H2,1H3,(H,13,16)(H,17,18). The smallest absolute Gasteiger partial charge is 0.328 e. The second kappa shape index (κ2) is 5.98. The van der Waals surface area contributed by atoms with E-state index in [9.17, 15) is 19.2 Å². The third-order valence-electron chi connectivity index (χ3n) is 3.69. The van der Waals surface area contributed by atoms with Crippen molar-refractivity contribution in [1.82, 2.24) is 15.1 Å². The fourth-order valence-corrected chi connectivity index (χ4v) is 2.60. The molecule has 21 heavy (non-hydrogen) atoms. The molecule has 2 aliphatic rings. The van der Waals surface area contributed by atoms with Crippen LogP contribution < -0.4 is 5.32 Å². The van der Waals surface area contributed by atoms with E-state index in [-0.39, 0.29) is 13.1 Å². The minimum atomic E-state index is -1.20. The summed E-state index contributed by atoms with van der Waals surface area (Å²) in [5.41, 5.74) is 0. The van der Waals surface area contributed by atoms with Gasteiger partial charge in [-0.2, -0.15) is 0 Å². The lowest BCUT2D eigenvalue weighted by atomic mass is 10.2. The summed E-state index contributed by atoms with van der Waals surface area (Å²) in [6.07, 6.45) is 1.10. The Balaban J connectivity index is 2.17. The van der Waals surface area contributed by atoms with Gasteiger partial charge in [-0.05, 0) is 12.8 Å². The number of esters is 1. The van der Waals surface area contributed by atoms with Crippen molar-refractivity contribution < 1.29 is 29.0 Å². The molecule has 2 rings (SSSR count). The number of urea groups is 1. The Labute approximate surface area is 120 Å². The Morgan fingerprint density at radius 1 is 1.29 bits per heavy atom. The summed E-state index contributed by atoms with van der Waals surface area (Å²) in [5, 5.41) is 11.6. The lowest BCUT2D eigenvalue weighted by Crippen LogP contribution is -2.62. The van der Waals surface area contributed by atoms with Crippen LogP contribution in [0.15, 0.2) is 0 Å². The molecule has 0 radical (unpaired) electrons. The van der Waals surface area contributed by atoms with Gasteiger partial charge in [-0.25, -0.2) is 14.4 Å². The summed E-state index contributed by atoms with van der Waals surface area (Å²) in [6.45, 7) is -0.139. The molecule has 0 spiro atoms. The summed E-state index contributed by atoms with van der Waals surface area (Å²) in [4.78, 5) is 49.1. The minimum Gasteiger partial charge on any atom is -0.480 e. The third-order valence-corrected chi connectivity index (χ3v) is 3.69. The first kappa shape index (κ1) is 15.1. The first-order valence-corrected chi connectivity index (χ1v) is 6.60. The number of piperazine rings is 1. The number of methoxy groups -OCH3 is 1. The molecule has 2 aliphatic heterocycles. The van der Waals surface area contributed by atoms with Gasteiger partial charge in [-0.1, -0.05) is 0 Å².